The van der Waals surface area contributed by atoms with Crippen LogP contribution in [-0.4, -0.2) is 10.3 Å². The van der Waals surface area contributed by atoms with Crippen molar-refractivity contribution in [1.82, 2.24) is 5.16 Å². The molecule has 2 aromatic carbocycles. The molecule has 4 heteroatoms. The Kier molecular flexibility index (Phi) is 3.54. The molecule has 0 saturated heterocycles. The van der Waals surface area contributed by atoms with Crippen LogP contribution in [0.2, 0.25) is 5.02 Å². The number of aromatic nitrogens is 1. The van der Waals surface area contributed by atoms with Crippen molar-refractivity contribution in [2.24, 2.45) is 0 Å². The third-order valence-corrected chi connectivity index (χ3v) is 3.32. The first-order chi connectivity index (χ1) is 9.79. The molecule has 0 saturated carbocycles. The number of nitrogens with zero attached hydrogens (tertiary/aromatic N) is 1. The SMILES string of the molecule is OCc1c(-c2cccc(Cl)c2)noc1-c1ccccc1. The summed E-state index contributed by atoms with van der Waals surface area (Å²) in [5.41, 5.74) is 3.00. The number of hydrogen-bond acceptors (Lipinski definition) is 3. The molecule has 3 rings (SSSR count). The predicted octanol–water partition coefficient (Wildman–Crippen LogP) is 4.15. The molecule has 0 amide bonds. The molecule has 1 N–H and O–H groups in total. The zero-order chi connectivity index (χ0) is 13.9. The summed E-state index contributed by atoms with van der Waals surface area (Å²) in [6.07, 6.45) is 0. The highest BCUT2D eigenvalue weighted by atomic mass is 35.5. The minimum Gasteiger partial charge on any atom is -0.391 e. The van der Waals surface area contributed by atoms with Crippen molar-refractivity contribution in [1.29, 1.82) is 0 Å². The van der Waals surface area contributed by atoms with E-state index in [-0.39, 0.29) is 6.61 Å². The van der Waals surface area contributed by atoms with Gasteiger partial charge in [-0.3, -0.25) is 0 Å². The van der Waals surface area contributed by atoms with Crippen LogP contribution in [0.25, 0.3) is 22.6 Å². The van der Waals surface area contributed by atoms with Gasteiger partial charge in [0, 0.05) is 16.1 Å². The van der Waals surface area contributed by atoms with Gasteiger partial charge >= 0.3 is 0 Å². The van der Waals surface area contributed by atoms with E-state index in [1.807, 2.05) is 42.5 Å². The third kappa shape index (κ3) is 2.33. The second-order valence-electron chi connectivity index (χ2n) is 4.37. The van der Waals surface area contributed by atoms with Gasteiger partial charge in [-0.25, -0.2) is 0 Å². The molecule has 0 unspecified atom stereocenters. The summed E-state index contributed by atoms with van der Waals surface area (Å²) in [6, 6.07) is 16.9. The smallest absolute Gasteiger partial charge is 0.173 e. The molecular formula is C16H12ClNO2. The van der Waals surface area contributed by atoms with Gasteiger partial charge in [0.25, 0.3) is 0 Å². The van der Waals surface area contributed by atoms with Crippen molar-refractivity contribution < 1.29 is 9.63 Å². The minimum atomic E-state index is -0.143. The Labute approximate surface area is 121 Å². The highest BCUT2D eigenvalue weighted by molar-refractivity contribution is 6.30. The summed E-state index contributed by atoms with van der Waals surface area (Å²) >= 11 is 5.99. The average molecular weight is 286 g/mol. The molecule has 0 aliphatic heterocycles. The Morgan fingerprint density at radius 1 is 1.00 bits per heavy atom. The van der Waals surface area contributed by atoms with E-state index in [0.29, 0.717) is 22.0 Å². The molecule has 1 aromatic heterocycles. The number of halogens is 1. The third-order valence-electron chi connectivity index (χ3n) is 3.08. The molecule has 0 radical (unpaired) electrons. The van der Waals surface area contributed by atoms with Gasteiger partial charge in [0.15, 0.2) is 5.76 Å². The summed E-state index contributed by atoms with van der Waals surface area (Å²) in [4.78, 5) is 0. The van der Waals surface area contributed by atoms with Crippen molar-refractivity contribution in [3.05, 3.63) is 65.2 Å². The lowest BCUT2D eigenvalue weighted by Crippen LogP contribution is -1.89. The van der Waals surface area contributed by atoms with Crippen molar-refractivity contribution in [3.63, 3.8) is 0 Å². The molecule has 20 heavy (non-hydrogen) atoms. The molecule has 0 fully saturated rings. The van der Waals surface area contributed by atoms with Gasteiger partial charge in [-0.05, 0) is 12.1 Å². The lowest BCUT2D eigenvalue weighted by Gasteiger charge is -2.01. The summed E-state index contributed by atoms with van der Waals surface area (Å²) in [7, 11) is 0. The Balaban J connectivity index is 2.13. The number of benzene rings is 2. The van der Waals surface area contributed by atoms with Crippen molar-refractivity contribution in [2.75, 3.05) is 0 Å². The molecule has 3 nitrogen and oxygen atoms in total. The van der Waals surface area contributed by atoms with Gasteiger partial charge in [0.1, 0.15) is 5.69 Å². The van der Waals surface area contributed by atoms with E-state index in [1.165, 1.54) is 0 Å². The van der Waals surface area contributed by atoms with Gasteiger partial charge in [0.05, 0.1) is 12.2 Å². The highest BCUT2D eigenvalue weighted by Gasteiger charge is 2.18. The van der Waals surface area contributed by atoms with Crippen molar-refractivity contribution >= 4 is 11.6 Å². The van der Waals surface area contributed by atoms with Gasteiger partial charge in [0.2, 0.25) is 0 Å². The van der Waals surface area contributed by atoms with Gasteiger partial charge in [-0.2, -0.15) is 0 Å². The number of rotatable bonds is 3. The molecular weight excluding hydrogens is 274 g/mol. The van der Waals surface area contributed by atoms with Crippen LogP contribution < -0.4 is 0 Å². The molecule has 100 valence electrons. The number of aliphatic hydroxyl groups excluding tert-OH is 1. The first-order valence-electron chi connectivity index (χ1n) is 6.20. The molecule has 0 spiro atoms. The van der Waals surface area contributed by atoms with E-state index in [0.717, 1.165) is 11.1 Å². The highest BCUT2D eigenvalue weighted by Crippen LogP contribution is 2.32. The van der Waals surface area contributed by atoms with Gasteiger partial charge in [-0.1, -0.05) is 59.2 Å². The van der Waals surface area contributed by atoms with Crippen LogP contribution in [0.3, 0.4) is 0 Å². The molecule has 0 aliphatic rings. The Morgan fingerprint density at radius 2 is 1.75 bits per heavy atom. The van der Waals surface area contributed by atoms with E-state index in [2.05, 4.69) is 5.16 Å². The fourth-order valence-corrected chi connectivity index (χ4v) is 2.33. The quantitative estimate of drug-likeness (QED) is 0.786. The average Bonchev–Trinajstić information content (AvgIpc) is 2.92. The van der Waals surface area contributed by atoms with E-state index >= 15 is 0 Å². The maximum atomic E-state index is 9.65. The van der Waals surface area contributed by atoms with Crippen molar-refractivity contribution in [2.45, 2.75) is 6.61 Å². The lowest BCUT2D eigenvalue weighted by atomic mass is 10.0. The second kappa shape index (κ2) is 5.49. The van der Waals surface area contributed by atoms with E-state index in [4.69, 9.17) is 16.1 Å². The topological polar surface area (TPSA) is 46.3 Å². The Bertz CT molecular complexity index is 722. The fraction of sp³-hybridized carbons (Fsp3) is 0.0625. The first kappa shape index (κ1) is 12.9. The van der Waals surface area contributed by atoms with Gasteiger partial charge in [-0.15, -0.1) is 0 Å². The zero-order valence-electron chi connectivity index (χ0n) is 10.6. The largest absolute Gasteiger partial charge is 0.391 e. The van der Waals surface area contributed by atoms with E-state index in [1.54, 1.807) is 12.1 Å². The molecule has 0 aliphatic carbocycles. The molecule has 1 heterocycles. The second-order valence-corrected chi connectivity index (χ2v) is 4.81. The predicted molar refractivity (Wildman–Crippen MR) is 78.3 cm³/mol. The maximum Gasteiger partial charge on any atom is 0.173 e. The van der Waals surface area contributed by atoms with Crippen LogP contribution in [0.4, 0.5) is 0 Å². The Morgan fingerprint density at radius 3 is 2.45 bits per heavy atom. The molecule has 0 bridgehead atoms. The summed E-state index contributed by atoms with van der Waals surface area (Å²) in [5, 5.41) is 14.3. The summed E-state index contributed by atoms with van der Waals surface area (Å²) < 4.78 is 5.41. The summed E-state index contributed by atoms with van der Waals surface area (Å²) in [6.45, 7) is -0.143. The molecule has 0 atom stereocenters. The minimum absolute atomic E-state index is 0.143. The van der Waals surface area contributed by atoms with Crippen LogP contribution in [0.5, 0.6) is 0 Å². The fourth-order valence-electron chi connectivity index (χ4n) is 2.13. The van der Waals surface area contributed by atoms with Crippen LogP contribution >= 0.6 is 11.6 Å². The van der Waals surface area contributed by atoms with Crippen molar-refractivity contribution in [3.8, 4) is 22.6 Å². The lowest BCUT2D eigenvalue weighted by molar-refractivity contribution is 0.281. The van der Waals surface area contributed by atoms with Gasteiger partial charge < -0.3 is 9.63 Å². The van der Waals surface area contributed by atoms with Crippen LogP contribution in [0, 0.1) is 0 Å². The molecule has 3 aromatic rings. The van der Waals surface area contributed by atoms with Crippen LogP contribution in [0.1, 0.15) is 5.56 Å². The number of hydrogen-bond donors (Lipinski definition) is 1. The first-order valence-corrected chi connectivity index (χ1v) is 6.58. The monoisotopic (exact) mass is 285 g/mol. The Hall–Kier alpha value is -2.10. The van der Waals surface area contributed by atoms with Crippen LogP contribution in [0.15, 0.2) is 59.1 Å². The normalized spacial score (nSPS) is 10.7. The van der Waals surface area contributed by atoms with E-state index in [9.17, 15) is 5.11 Å². The maximum absolute atomic E-state index is 9.65. The van der Waals surface area contributed by atoms with Crippen LogP contribution in [-0.2, 0) is 6.61 Å². The standard InChI is InChI=1S/C16H12ClNO2/c17-13-8-4-7-12(9-13)15-14(10-19)16(20-18-15)11-5-2-1-3-6-11/h1-9,19H,10H2. The number of aliphatic hydroxyl groups is 1. The zero-order valence-corrected chi connectivity index (χ0v) is 11.3. The summed E-state index contributed by atoms with van der Waals surface area (Å²) in [5.74, 6) is 0.586. The van der Waals surface area contributed by atoms with E-state index < -0.39 is 0 Å².